The predicted molar refractivity (Wildman–Crippen MR) is 107 cm³/mol. The van der Waals surface area contributed by atoms with Crippen LogP contribution in [0.25, 0.3) is 22.3 Å². The highest BCUT2D eigenvalue weighted by Gasteiger charge is 2.12. The minimum atomic E-state index is 0. The Morgan fingerprint density at radius 2 is 1.84 bits per heavy atom. The highest BCUT2D eigenvalue weighted by molar-refractivity contribution is 5.90. The summed E-state index contributed by atoms with van der Waals surface area (Å²) in [7, 11) is 3.78. The number of anilines is 1. The first kappa shape index (κ1) is 21.1. The van der Waals surface area contributed by atoms with Gasteiger partial charge in [0.1, 0.15) is 5.82 Å². The molecule has 3 aromatic rings. The van der Waals surface area contributed by atoms with Crippen LogP contribution in [-0.4, -0.2) is 42.3 Å². The number of fused-ring (bicyclic) bond motifs is 1. The van der Waals surface area contributed by atoms with Gasteiger partial charge in [-0.05, 0) is 30.7 Å². The molecule has 0 spiro atoms. The molecule has 0 fully saturated rings. The second-order valence-corrected chi connectivity index (χ2v) is 5.40. The summed E-state index contributed by atoms with van der Waals surface area (Å²) in [6, 6.07) is 12.0. The SMILES string of the molecule is COCCCN(C)c1nc(-c2cccnc2)nc2ccccc12.Cl.Cl. The molecule has 0 aliphatic carbocycles. The molecule has 0 bridgehead atoms. The number of hydrogen-bond acceptors (Lipinski definition) is 5. The smallest absolute Gasteiger partial charge is 0.163 e. The van der Waals surface area contributed by atoms with Crippen molar-refractivity contribution in [3.63, 3.8) is 0 Å². The number of pyridine rings is 1. The van der Waals surface area contributed by atoms with E-state index in [1.165, 1.54) is 0 Å². The first-order valence-electron chi connectivity index (χ1n) is 7.67. The number of hydrogen-bond donors (Lipinski definition) is 0. The van der Waals surface area contributed by atoms with E-state index >= 15 is 0 Å². The average molecular weight is 381 g/mol. The Balaban J connectivity index is 0.00000156. The molecule has 0 aliphatic heterocycles. The third-order valence-corrected chi connectivity index (χ3v) is 3.71. The first-order valence-corrected chi connectivity index (χ1v) is 7.67. The normalized spacial score (nSPS) is 10.0. The molecule has 0 N–H and O–H groups in total. The van der Waals surface area contributed by atoms with E-state index in [-0.39, 0.29) is 24.8 Å². The van der Waals surface area contributed by atoms with E-state index in [0.29, 0.717) is 5.82 Å². The van der Waals surface area contributed by atoms with Gasteiger partial charge in [0.15, 0.2) is 5.82 Å². The van der Waals surface area contributed by atoms with Crippen molar-refractivity contribution in [1.29, 1.82) is 0 Å². The van der Waals surface area contributed by atoms with Crippen molar-refractivity contribution in [1.82, 2.24) is 15.0 Å². The second kappa shape index (κ2) is 10.1. The number of rotatable bonds is 6. The Morgan fingerprint density at radius 1 is 1.04 bits per heavy atom. The van der Waals surface area contributed by atoms with Crippen LogP contribution in [0.2, 0.25) is 0 Å². The lowest BCUT2D eigenvalue weighted by atomic mass is 10.2. The van der Waals surface area contributed by atoms with Gasteiger partial charge in [-0.25, -0.2) is 9.97 Å². The third-order valence-electron chi connectivity index (χ3n) is 3.71. The molecule has 3 rings (SSSR count). The number of methoxy groups -OCH3 is 1. The molecule has 0 saturated heterocycles. The molecule has 134 valence electrons. The Morgan fingerprint density at radius 3 is 2.56 bits per heavy atom. The van der Waals surface area contributed by atoms with E-state index < -0.39 is 0 Å². The molecule has 0 atom stereocenters. The molecule has 1 aromatic carbocycles. The van der Waals surface area contributed by atoms with Gasteiger partial charge in [0.2, 0.25) is 0 Å². The zero-order valence-corrected chi connectivity index (χ0v) is 15.9. The summed E-state index contributed by atoms with van der Waals surface area (Å²) in [5.74, 6) is 1.64. The van der Waals surface area contributed by atoms with Crippen molar-refractivity contribution < 1.29 is 4.74 Å². The number of benzene rings is 1. The number of para-hydroxylation sites is 1. The van der Waals surface area contributed by atoms with Gasteiger partial charge in [-0.3, -0.25) is 4.98 Å². The van der Waals surface area contributed by atoms with Crippen LogP contribution >= 0.6 is 24.8 Å². The maximum absolute atomic E-state index is 5.14. The second-order valence-electron chi connectivity index (χ2n) is 5.40. The van der Waals surface area contributed by atoms with Gasteiger partial charge in [-0.2, -0.15) is 0 Å². The van der Waals surface area contributed by atoms with Crippen LogP contribution in [0.1, 0.15) is 6.42 Å². The summed E-state index contributed by atoms with van der Waals surface area (Å²) in [4.78, 5) is 15.8. The summed E-state index contributed by atoms with van der Waals surface area (Å²) in [6.07, 6.45) is 4.49. The number of ether oxygens (including phenoxy) is 1. The lowest BCUT2D eigenvalue weighted by Crippen LogP contribution is -2.21. The largest absolute Gasteiger partial charge is 0.385 e. The monoisotopic (exact) mass is 380 g/mol. The van der Waals surface area contributed by atoms with Crippen molar-refractivity contribution in [3.05, 3.63) is 48.8 Å². The molecule has 5 nitrogen and oxygen atoms in total. The quantitative estimate of drug-likeness (QED) is 0.604. The van der Waals surface area contributed by atoms with E-state index in [4.69, 9.17) is 9.72 Å². The minimum absolute atomic E-state index is 0. The van der Waals surface area contributed by atoms with Crippen molar-refractivity contribution in [2.24, 2.45) is 0 Å². The van der Waals surface area contributed by atoms with Crippen LogP contribution in [0.15, 0.2) is 48.8 Å². The van der Waals surface area contributed by atoms with E-state index in [1.807, 2.05) is 30.3 Å². The molecule has 0 amide bonds. The standard InChI is InChI=1S/C18H20N4O.2ClH/c1-22(11-6-12-23-2)18-15-8-3-4-9-16(15)20-17(21-18)14-7-5-10-19-13-14;;/h3-5,7-10,13H,6,11-12H2,1-2H3;2*1H. The molecule has 0 saturated carbocycles. The van der Waals surface area contributed by atoms with Gasteiger partial charge in [0.05, 0.1) is 5.52 Å². The van der Waals surface area contributed by atoms with Crippen molar-refractivity contribution in [2.45, 2.75) is 6.42 Å². The number of halogens is 2. The Labute approximate surface area is 160 Å². The Kier molecular flexibility index (Phi) is 8.55. The van der Waals surface area contributed by atoms with Gasteiger partial charge in [-0.15, -0.1) is 24.8 Å². The highest BCUT2D eigenvalue weighted by Crippen LogP contribution is 2.26. The summed E-state index contributed by atoms with van der Waals surface area (Å²) in [6.45, 7) is 1.62. The van der Waals surface area contributed by atoms with Crippen molar-refractivity contribution >= 4 is 41.5 Å². The van der Waals surface area contributed by atoms with Gasteiger partial charge in [-0.1, -0.05) is 12.1 Å². The minimum Gasteiger partial charge on any atom is -0.385 e. The molecular formula is C18H22Cl2N4O. The highest BCUT2D eigenvalue weighted by atomic mass is 35.5. The fourth-order valence-electron chi connectivity index (χ4n) is 2.53. The zero-order chi connectivity index (χ0) is 16.1. The van der Waals surface area contributed by atoms with Gasteiger partial charge < -0.3 is 9.64 Å². The average Bonchev–Trinajstić information content (AvgIpc) is 2.61. The van der Waals surface area contributed by atoms with Gasteiger partial charge >= 0.3 is 0 Å². The van der Waals surface area contributed by atoms with Crippen LogP contribution in [-0.2, 0) is 4.74 Å². The van der Waals surface area contributed by atoms with Gasteiger partial charge in [0, 0.05) is 50.7 Å². The molecule has 0 unspecified atom stereocenters. The van der Waals surface area contributed by atoms with Crippen molar-refractivity contribution in [3.8, 4) is 11.4 Å². The maximum atomic E-state index is 5.14. The summed E-state index contributed by atoms with van der Waals surface area (Å²) in [5, 5.41) is 1.06. The van der Waals surface area contributed by atoms with Gasteiger partial charge in [0.25, 0.3) is 0 Å². The number of aromatic nitrogens is 3. The van der Waals surface area contributed by atoms with Crippen LogP contribution < -0.4 is 4.90 Å². The molecule has 0 radical (unpaired) electrons. The zero-order valence-electron chi connectivity index (χ0n) is 14.3. The Bertz CT molecular complexity index is 786. The number of nitrogens with zero attached hydrogens (tertiary/aromatic N) is 4. The van der Waals surface area contributed by atoms with Crippen LogP contribution in [0.3, 0.4) is 0 Å². The molecule has 2 aromatic heterocycles. The fourth-order valence-corrected chi connectivity index (χ4v) is 2.53. The fraction of sp³-hybridized carbons (Fsp3) is 0.278. The lowest BCUT2D eigenvalue weighted by Gasteiger charge is -2.20. The molecule has 2 heterocycles. The van der Waals surface area contributed by atoms with E-state index in [1.54, 1.807) is 19.5 Å². The van der Waals surface area contributed by atoms with Crippen LogP contribution in [0.5, 0.6) is 0 Å². The van der Waals surface area contributed by atoms with E-state index in [0.717, 1.165) is 41.9 Å². The molecule has 0 aliphatic rings. The third kappa shape index (κ3) is 5.01. The summed E-state index contributed by atoms with van der Waals surface area (Å²) in [5.41, 5.74) is 1.86. The van der Waals surface area contributed by atoms with Crippen LogP contribution in [0.4, 0.5) is 5.82 Å². The predicted octanol–water partition coefficient (Wildman–Crippen LogP) is 4.01. The summed E-state index contributed by atoms with van der Waals surface area (Å²) < 4.78 is 5.14. The molecule has 25 heavy (non-hydrogen) atoms. The molecular weight excluding hydrogens is 359 g/mol. The van der Waals surface area contributed by atoms with E-state index in [2.05, 4.69) is 28.0 Å². The Hall–Kier alpha value is -1.95. The van der Waals surface area contributed by atoms with E-state index in [9.17, 15) is 0 Å². The maximum Gasteiger partial charge on any atom is 0.163 e. The van der Waals surface area contributed by atoms with Crippen LogP contribution in [0, 0.1) is 0 Å². The first-order chi connectivity index (χ1) is 11.3. The lowest BCUT2D eigenvalue weighted by molar-refractivity contribution is 0.196. The van der Waals surface area contributed by atoms with Crippen molar-refractivity contribution in [2.75, 3.05) is 32.2 Å². The topological polar surface area (TPSA) is 51.1 Å². The molecule has 7 heteroatoms. The summed E-state index contributed by atoms with van der Waals surface area (Å²) >= 11 is 0.